The molecule has 1 amide bonds. The Morgan fingerprint density at radius 3 is 2.67 bits per heavy atom. The normalized spacial score (nSPS) is 22.4. The van der Waals surface area contributed by atoms with Gasteiger partial charge >= 0.3 is 0 Å². The van der Waals surface area contributed by atoms with E-state index in [1.165, 1.54) is 25.7 Å². The number of nitrogens with one attached hydrogen (secondary N) is 1. The van der Waals surface area contributed by atoms with Crippen molar-refractivity contribution in [2.24, 2.45) is 11.7 Å². The number of benzene rings is 1. The molecule has 0 bridgehead atoms. The predicted octanol–water partition coefficient (Wildman–Crippen LogP) is 2.61. The van der Waals surface area contributed by atoms with Crippen molar-refractivity contribution in [3.05, 3.63) is 29.8 Å². The summed E-state index contributed by atoms with van der Waals surface area (Å²) in [6, 6.07) is 7.83. The fourth-order valence-corrected chi connectivity index (χ4v) is 2.83. The average molecular weight is 290 g/mol. The minimum Gasteiger partial charge on any atom is -0.484 e. The van der Waals surface area contributed by atoms with Gasteiger partial charge in [-0.2, -0.15) is 0 Å². The van der Waals surface area contributed by atoms with Crippen LogP contribution in [-0.4, -0.2) is 18.6 Å². The lowest BCUT2D eigenvalue weighted by Gasteiger charge is -2.22. The van der Waals surface area contributed by atoms with Crippen molar-refractivity contribution in [1.29, 1.82) is 0 Å². The number of hydrogen-bond donors (Lipinski definition) is 2. The molecule has 1 aromatic carbocycles. The number of amides is 1. The van der Waals surface area contributed by atoms with E-state index in [9.17, 15) is 4.79 Å². The molecule has 2 unspecified atom stereocenters. The van der Waals surface area contributed by atoms with Crippen molar-refractivity contribution < 1.29 is 9.53 Å². The molecule has 1 fully saturated rings. The van der Waals surface area contributed by atoms with E-state index >= 15 is 0 Å². The fourth-order valence-electron chi connectivity index (χ4n) is 2.83. The van der Waals surface area contributed by atoms with Crippen LogP contribution in [0.15, 0.2) is 24.3 Å². The third kappa shape index (κ3) is 5.05. The molecule has 2 rings (SSSR count). The van der Waals surface area contributed by atoms with Crippen LogP contribution in [0.1, 0.15) is 44.6 Å². The van der Waals surface area contributed by atoms with Gasteiger partial charge in [0.2, 0.25) is 0 Å². The van der Waals surface area contributed by atoms with Gasteiger partial charge < -0.3 is 15.8 Å². The zero-order valence-electron chi connectivity index (χ0n) is 12.8. The summed E-state index contributed by atoms with van der Waals surface area (Å²) >= 11 is 0. The minimum atomic E-state index is -0.0309. The van der Waals surface area contributed by atoms with Crippen LogP contribution in [0, 0.1) is 5.92 Å². The third-order valence-electron chi connectivity index (χ3n) is 4.24. The van der Waals surface area contributed by atoms with Crippen LogP contribution in [0.5, 0.6) is 5.75 Å². The Morgan fingerprint density at radius 1 is 1.24 bits per heavy atom. The average Bonchev–Trinajstić information content (AvgIpc) is 2.71. The summed E-state index contributed by atoms with van der Waals surface area (Å²) in [6.45, 7) is 2.81. The van der Waals surface area contributed by atoms with Crippen LogP contribution >= 0.6 is 0 Å². The molecule has 0 saturated heterocycles. The molecule has 1 aliphatic carbocycles. The van der Waals surface area contributed by atoms with E-state index in [-0.39, 0.29) is 12.5 Å². The van der Waals surface area contributed by atoms with Crippen LogP contribution in [0.4, 0.5) is 0 Å². The molecule has 0 aromatic heterocycles. The van der Waals surface area contributed by atoms with Gasteiger partial charge in [0, 0.05) is 12.6 Å². The van der Waals surface area contributed by atoms with E-state index in [1.54, 1.807) is 0 Å². The summed E-state index contributed by atoms with van der Waals surface area (Å²) in [5, 5.41) is 3.12. The van der Waals surface area contributed by atoms with Crippen molar-refractivity contribution in [2.45, 2.75) is 51.6 Å². The quantitative estimate of drug-likeness (QED) is 0.819. The van der Waals surface area contributed by atoms with E-state index in [0.29, 0.717) is 24.3 Å². The molecule has 0 heterocycles. The fraction of sp³-hybridized carbons (Fsp3) is 0.588. The van der Waals surface area contributed by atoms with E-state index in [4.69, 9.17) is 10.5 Å². The highest BCUT2D eigenvalue weighted by Gasteiger charge is 2.21. The highest BCUT2D eigenvalue weighted by Crippen LogP contribution is 2.22. The number of carbonyl (C=O) groups is 1. The van der Waals surface area contributed by atoms with E-state index in [0.717, 1.165) is 12.0 Å². The summed E-state index contributed by atoms with van der Waals surface area (Å²) < 4.78 is 5.52. The lowest BCUT2D eigenvalue weighted by molar-refractivity contribution is -0.124. The molecule has 0 radical (unpaired) electrons. The van der Waals surface area contributed by atoms with Crippen molar-refractivity contribution in [1.82, 2.24) is 5.32 Å². The van der Waals surface area contributed by atoms with Gasteiger partial charge in [-0.05, 0) is 36.5 Å². The van der Waals surface area contributed by atoms with Gasteiger partial charge in [-0.15, -0.1) is 0 Å². The van der Waals surface area contributed by atoms with Gasteiger partial charge in [0.25, 0.3) is 5.91 Å². The van der Waals surface area contributed by atoms with Crippen molar-refractivity contribution in [2.75, 3.05) is 6.61 Å². The summed E-state index contributed by atoms with van der Waals surface area (Å²) in [5.74, 6) is 1.23. The van der Waals surface area contributed by atoms with Gasteiger partial charge in [0.15, 0.2) is 6.61 Å². The first-order valence-corrected chi connectivity index (χ1v) is 7.90. The maximum Gasteiger partial charge on any atom is 0.258 e. The largest absolute Gasteiger partial charge is 0.484 e. The zero-order valence-corrected chi connectivity index (χ0v) is 12.8. The maximum absolute atomic E-state index is 12.0. The lowest BCUT2D eigenvalue weighted by Crippen LogP contribution is -2.41. The van der Waals surface area contributed by atoms with Crippen LogP contribution in [-0.2, 0) is 11.3 Å². The standard InChI is InChI=1S/C17H26N2O2/c1-13-5-3-2-4-6-16(13)19-17(20)12-21-15-9-7-14(11-18)8-10-15/h7-10,13,16H,2-6,11-12,18H2,1H3,(H,19,20). The second kappa shape index (κ2) is 8.03. The molecule has 0 spiro atoms. The molecule has 4 heteroatoms. The number of ether oxygens (including phenoxy) is 1. The Labute approximate surface area is 127 Å². The van der Waals surface area contributed by atoms with E-state index < -0.39 is 0 Å². The predicted molar refractivity (Wildman–Crippen MR) is 84.0 cm³/mol. The molecule has 21 heavy (non-hydrogen) atoms. The monoisotopic (exact) mass is 290 g/mol. The SMILES string of the molecule is CC1CCCCCC1NC(=O)COc1ccc(CN)cc1. The Bertz CT molecular complexity index is 445. The van der Waals surface area contributed by atoms with E-state index in [1.807, 2.05) is 24.3 Å². The highest BCUT2D eigenvalue weighted by atomic mass is 16.5. The highest BCUT2D eigenvalue weighted by molar-refractivity contribution is 5.77. The summed E-state index contributed by atoms with van der Waals surface area (Å²) in [7, 11) is 0. The molecule has 1 aliphatic rings. The van der Waals surface area contributed by atoms with Gasteiger partial charge in [-0.25, -0.2) is 0 Å². The Kier molecular flexibility index (Phi) is 6.05. The first-order valence-electron chi connectivity index (χ1n) is 7.90. The maximum atomic E-state index is 12.0. The third-order valence-corrected chi connectivity index (χ3v) is 4.24. The first-order chi connectivity index (χ1) is 10.2. The van der Waals surface area contributed by atoms with Gasteiger partial charge in [0.05, 0.1) is 0 Å². The molecule has 1 saturated carbocycles. The summed E-state index contributed by atoms with van der Waals surface area (Å²) in [4.78, 5) is 12.0. The van der Waals surface area contributed by atoms with Crippen LogP contribution in [0.25, 0.3) is 0 Å². The van der Waals surface area contributed by atoms with Crippen LogP contribution in [0.2, 0.25) is 0 Å². The lowest BCUT2D eigenvalue weighted by atomic mass is 9.97. The molecular formula is C17H26N2O2. The molecule has 116 valence electrons. The van der Waals surface area contributed by atoms with Crippen molar-refractivity contribution >= 4 is 5.91 Å². The smallest absolute Gasteiger partial charge is 0.258 e. The van der Waals surface area contributed by atoms with Gasteiger partial charge in [-0.1, -0.05) is 38.3 Å². The molecular weight excluding hydrogens is 264 g/mol. The first kappa shape index (κ1) is 15.8. The molecule has 2 atom stereocenters. The zero-order chi connectivity index (χ0) is 15.1. The van der Waals surface area contributed by atoms with E-state index in [2.05, 4.69) is 12.2 Å². The number of rotatable bonds is 5. The van der Waals surface area contributed by atoms with Crippen molar-refractivity contribution in [3.63, 3.8) is 0 Å². The van der Waals surface area contributed by atoms with Crippen LogP contribution in [0.3, 0.4) is 0 Å². The number of carbonyl (C=O) groups excluding carboxylic acids is 1. The second-order valence-electron chi connectivity index (χ2n) is 5.93. The van der Waals surface area contributed by atoms with Gasteiger partial charge in [0.1, 0.15) is 5.75 Å². The molecule has 1 aromatic rings. The topological polar surface area (TPSA) is 64.3 Å². The van der Waals surface area contributed by atoms with Crippen LogP contribution < -0.4 is 15.8 Å². The second-order valence-corrected chi connectivity index (χ2v) is 5.93. The Hall–Kier alpha value is -1.55. The Balaban J connectivity index is 1.78. The Morgan fingerprint density at radius 2 is 1.95 bits per heavy atom. The summed E-state index contributed by atoms with van der Waals surface area (Å²) in [6.07, 6.45) is 6.04. The minimum absolute atomic E-state index is 0.0309. The number of hydrogen-bond acceptors (Lipinski definition) is 3. The summed E-state index contributed by atoms with van der Waals surface area (Å²) in [5.41, 5.74) is 6.60. The molecule has 4 nitrogen and oxygen atoms in total. The number of nitrogens with two attached hydrogens (primary N) is 1. The molecule has 3 N–H and O–H groups in total. The van der Waals surface area contributed by atoms with Crippen molar-refractivity contribution in [3.8, 4) is 5.75 Å². The molecule has 0 aliphatic heterocycles. The van der Waals surface area contributed by atoms with Gasteiger partial charge in [-0.3, -0.25) is 4.79 Å².